The lowest BCUT2D eigenvalue weighted by Crippen LogP contribution is -2.49. The van der Waals surface area contributed by atoms with E-state index in [1.807, 2.05) is 13.0 Å². The molecule has 1 aromatic rings. The molecule has 5 nitrogen and oxygen atoms in total. The van der Waals surface area contributed by atoms with Gasteiger partial charge in [-0.25, -0.2) is 0 Å². The number of piperidine rings is 1. The predicted molar refractivity (Wildman–Crippen MR) is 79.4 cm³/mol. The number of nitro groups is 1. The number of hydrogen-bond donors (Lipinski definition) is 1. The molecule has 1 aliphatic rings. The number of nitrogens with two attached hydrogens (primary N) is 1. The van der Waals surface area contributed by atoms with Gasteiger partial charge in [0.25, 0.3) is 5.69 Å². The van der Waals surface area contributed by atoms with Gasteiger partial charge in [-0.2, -0.15) is 0 Å². The van der Waals surface area contributed by atoms with Crippen LogP contribution in [0.2, 0.25) is 0 Å². The lowest BCUT2D eigenvalue weighted by atomic mass is 9.96. The number of hydrogen-bond acceptors (Lipinski definition) is 4. The molecule has 1 heterocycles. The van der Waals surface area contributed by atoms with Crippen LogP contribution in [0.5, 0.6) is 0 Å². The summed E-state index contributed by atoms with van der Waals surface area (Å²) in [5.74, 6) is 0. The van der Waals surface area contributed by atoms with Gasteiger partial charge >= 0.3 is 0 Å². The Balaban J connectivity index is 2.31. The number of nitro benzene ring substituents is 1. The van der Waals surface area contributed by atoms with E-state index < -0.39 is 0 Å². The zero-order chi connectivity index (χ0) is 14.0. The second-order valence-electron chi connectivity index (χ2n) is 5.01. The first-order chi connectivity index (χ1) is 9.00. The van der Waals surface area contributed by atoms with Gasteiger partial charge < -0.3 is 10.6 Å². The third-order valence-electron chi connectivity index (χ3n) is 3.61. The van der Waals surface area contributed by atoms with Crippen LogP contribution in [0.25, 0.3) is 0 Å². The van der Waals surface area contributed by atoms with E-state index in [2.05, 4.69) is 20.8 Å². The lowest BCUT2D eigenvalue weighted by Gasteiger charge is -2.40. The van der Waals surface area contributed by atoms with Crippen LogP contribution in [0.4, 0.5) is 11.4 Å². The van der Waals surface area contributed by atoms with E-state index in [0.29, 0.717) is 6.04 Å². The second kappa shape index (κ2) is 5.88. The van der Waals surface area contributed by atoms with E-state index in [1.165, 1.54) is 6.42 Å². The summed E-state index contributed by atoms with van der Waals surface area (Å²) in [5.41, 5.74) is 7.15. The van der Waals surface area contributed by atoms with E-state index in [0.717, 1.165) is 29.5 Å². The number of non-ortho nitro benzene ring substituents is 1. The van der Waals surface area contributed by atoms with Gasteiger partial charge in [0.1, 0.15) is 0 Å². The van der Waals surface area contributed by atoms with Crippen molar-refractivity contribution in [3.8, 4) is 0 Å². The van der Waals surface area contributed by atoms with E-state index >= 15 is 0 Å². The smallest absolute Gasteiger partial charge is 0.270 e. The van der Waals surface area contributed by atoms with Gasteiger partial charge in [-0.15, -0.1) is 0 Å². The van der Waals surface area contributed by atoms with Crippen LogP contribution in [-0.2, 0) is 0 Å². The SMILES string of the molecule is CC(N)C1CCCCN1c1ccc([N+](=O)[O-])cc1Br. The van der Waals surface area contributed by atoms with Gasteiger partial charge in [0.2, 0.25) is 0 Å². The van der Waals surface area contributed by atoms with Crippen LogP contribution in [0.15, 0.2) is 22.7 Å². The first-order valence-electron chi connectivity index (χ1n) is 6.47. The lowest BCUT2D eigenvalue weighted by molar-refractivity contribution is -0.384. The highest BCUT2D eigenvalue weighted by molar-refractivity contribution is 9.10. The normalized spacial score (nSPS) is 21.2. The Morgan fingerprint density at radius 1 is 1.53 bits per heavy atom. The Morgan fingerprint density at radius 2 is 2.26 bits per heavy atom. The van der Waals surface area contributed by atoms with E-state index in [9.17, 15) is 10.1 Å². The van der Waals surface area contributed by atoms with E-state index in [4.69, 9.17) is 5.73 Å². The molecule has 2 rings (SSSR count). The fourth-order valence-electron chi connectivity index (χ4n) is 2.65. The molecular formula is C13H18BrN3O2. The van der Waals surface area contributed by atoms with E-state index in [-0.39, 0.29) is 16.7 Å². The highest BCUT2D eigenvalue weighted by atomic mass is 79.9. The van der Waals surface area contributed by atoms with Gasteiger partial charge in [-0.05, 0) is 48.2 Å². The summed E-state index contributed by atoms with van der Waals surface area (Å²) in [6.07, 6.45) is 3.39. The average Bonchev–Trinajstić information content (AvgIpc) is 2.38. The predicted octanol–water partition coefficient (Wildman–Crippen LogP) is 3.06. The zero-order valence-corrected chi connectivity index (χ0v) is 12.5. The molecule has 0 saturated carbocycles. The first kappa shape index (κ1) is 14.3. The van der Waals surface area contributed by atoms with Crippen LogP contribution in [-0.4, -0.2) is 23.6 Å². The van der Waals surface area contributed by atoms with Crippen molar-refractivity contribution in [1.82, 2.24) is 0 Å². The third-order valence-corrected chi connectivity index (χ3v) is 4.24. The summed E-state index contributed by atoms with van der Waals surface area (Å²) >= 11 is 3.44. The topological polar surface area (TPSA) is 72.4 Å². The maximum atomic E-state index is 10.8. The minimum absolute atomic E-state index is 0.0855. The van der Waals surface area contributed by atoms with Crippen molar-refractivity contribution in [2.45, 2.75) is 38.3 Å². The summed E-state index contributed by atoms with van der Waals surface area (Å²) < 4.78 is 0.759. The molecular weight excluding hydrogens is 310 g/mol. The Kier molecular flexibility index (Phi) is 4.42. The van der Waals surface area contributed by atoms with Crippen molar-refractivity contribution in [2.75, 3.05) is 11.4 Å². The Hall–Kier alpha value is -1.14. The maximum Gasteiger partial charge on any atom is 0.270 e. The molecule has 6 heteroatoms. The number of halogens is 1. The van der Waals surface area contributed by atoms with Crippen LogP contribution >= 0.6 is 15.9 Å². The van der Waals surface area contributed by atoms with Crippen molar-refractivity contribution in [3.05, 3.63) is 32.8 Å². The summed E-state index contributed by atoms with van der Waals surface area (Å²) in [6, 6.07) is 5.30. The van der Waals surface area contributed by atoms with Gasteiger partial charge in [0.15, 0.2) is 0 Å². The largest absolute Gasteiger partial charge is 0.366 e. The first-order valence-corrected chi connectivity index (χ1v) is 7.26. The van der Waals surface area contributed by atoms with Crippen molar-refractivity contribution in [1.29, 1.82) is 0 Å². The standard InChI is InChI=1S/C13H18BrN3O2/c1-9(15)12-4-2-3-7-16(12)13-6-5-10(17(18)19)8-11(13)14/h5-6,8-9,12H,2-4,7,15H2,1H3. The molecule has 104 valence electrons. The Morgan fingerprint density at radius 3 is 2.84 bits per heavy atom. The van der Waals surface area contributed by atoms with Gasteiger partial charge in [0, 0.05) is 35.2 Å². The molecule has 1 fully saturated rings. The molecule has 2 atom stereocenters. The van der Waals surface area contributed by atoms with Crippen LogP contribution < -0.4 is 10.6 Å². The van der Waals surface area contributed by atoms with Gasteiger partial charge in [0.05, 0.1) is 10.6 Å². The number of nitrogens with zero attached hydrogens (tertiary/aromatic N) is 2. The minimum atomic E-state index is -0.381. The molecule has 0 aliphatic carbocycles. The molecule has 1 saturated heterocycles. The molecule has 0 radical (unpaired) electrons. The molecule has 0 amide bonds. The summed E-state index contributed by atoms with van der Waals surface area (Å²) in [7, 11) is 0. The van der Waals surface area contributed by atoms with Crippen molar-refractivity contribution in [2.24, 2.45) is 5.73 Å². The van der Waals surface area contributed by atoms with E-state index in [1.54, 1.807) is 12.1 Å². The fraction of sp³-hybridized carbons (Fsp3) is 0.538. The summed E-state index contributed by atoms with van der Waals surface area (Å²) in [5, 5.41) is 10.8. The van der Waals surface area contributed by atoms with Gasteiger partial charge in [-0.1, -0.05) is 0 Å². The molecule has 2 N–H and O–H groups in total. The number of benzene rings is 1. The summed E-state index contributed by atoms with van der Waals surface area (Å²) in [6.45, 7) is 2.96. The highest BCUT2D eigenvalue weighted by Gasteiger charge is 2.27. The van der Waals surface area contributed by atoms with Crippen LogP contribution in [0.1, 0.15) is 26.2 Å². The Bertz CT molecular complexity index is 479. The highest BCUT2D eigenvalue weighted by Crippen LogP contribution is 2.34. The van der Waals surface area contributed by atoms with Crippen molar-refractivity contribution in [3.63, 3.8) is 0 Å². The van der Waals surface area contributed by atoms with Crippen molar-refractivity contribution < 1.29 is 4.92 Å². The second-order valence-corrected chi connectivity index (χ2v) is 5.86. The van der Waals surface area contributed by atoms with Crippen LogP contribution in [0, 0.1) is 10.1 Å². The molecule has 0 bridgehead atoms. The Labute approximate surface area is 121 Å². The van der Waals surface area contributed by atoms with Crippen molar-refractivity contribution >= 4 is 27.3 Å². The monoisotopic (exact) mass is 327 g/mol. The molecule has 19 heavy (non-hydrogen) atoms. The summed E-state index contributed by atoms with van der Waals surface area (Å²) in [4.78, 5) is 12.6. The zero-order valence-electron chi connectivity index (χ0n) is 10.9. The van der Waals surface area contributed by atoms with Gasteiger partial charge in [-0.3, -0.25) is 10.1 Å². The number of rotatable bonds is 3. The molecule has 2 unspecified atom stereocenters. The molecule has 1 aliphatic heterocycles. The maximum absolute atomic E-state index is 10.8. The van der Waals surface area contributed by atoms with Crippen LogP contribution in [0.3, 0.4) is 0 Å². The minimum Gasteiger partial charge on any atom is -0.366 e. The molecule has 1 aromatic carbocycles. The molecule has 0 spiro atoms. The molecule has 0 aromatic heterocycles. The quantitative estimate of drug-likeness (QED) is 0.684. The number of anilines is 1. The average molecular weight is 328 g/mol. The third kappa shape index (κ3) is 3.06. The fourth-order valence-corrected chi connectivity index (χ4v) is 3.24.